The fourth-order valence-electron chi connectivity index (χ4n) is 6.14. The Kier molecular flexibility index (Phi) is 8.33. The van der Waals surface area contributed by atoms with Crippen molar-refractivity contribution in [1.82, 2.24) is 29.3 Å². The topological polar surface area (TPSA) is 83.4 Å². The number of nitrogens with zero attached hydrogens (tertiary/aromatic N) is 6. The Morgan fingerprint density at radius 2 is 1.66 bits per heavy atom. The van der Waals surface area contributed by atoms with E-state index in [1.165, 1.54) is 37.7 Å². The van der Waals surface area contributed by atoms with Crippen molar-refractivity contribution in [2.45, 2.75) is 63.6 Å². The molecule has 1 aromatic carbocycles. The fourth-order valence-corrected chi connectivity index (χ4v) is 6.14. The number of hydrogen-bond acceptors (Lipinski definition) is 8. The highest BCUT2D eigenvalue weighted by Gasteiger charge is 2.24. The maximum Gasteiger partial charge on any atom is 0.226 e. The van der Waals surface area contributed by atoms with Gasteiger partial charge in [0.2, 0.25) is 5.95 Å². The number of morpholine rings is 1. The summed E-state index contributed by atoms with van der Waals surface area (Å²) in [5.74, 6) is 1.58. The molecule has 0 unspecified atom stereocenters. The molecular formula is C29H42N8O. The van der Waals surface area contributed by atoms with Gasteiger partial charge in [-0.05, 0) is 31.2 Å². The predicted molar refractivity (Wildman–Crippen MR) is 152 cm³/mol. The molecule has 2 N–H and O–H groups in total. The molecule has 2 aromatic heterocycles. The van der Waals surface area contributed by atoms with Gasteiger partial charge < -0.3 is 19.9 Å². The van der Waals surface area contributed by atoms with E-state index in [0.29, 0.717) is 18.0 Å². The molecule has 6 rings (SSSR count). The number of likely N-dealkylation sites (tertiary alicyclic amines) is 1. The summed E-state index contributed by atoms with van der Waals surface area (Å²) in [6.07, 6.45) is 10.5. The second kappa shape index (κ2) is 12.4. The van der Waals surface area contributed by atoms with Crippen LogP contribution >= 0.6 is 0 Å². The number of piperidine rings is 1. The van der Waals surface area contributed by atoms with E-state index >= 15 is 0 Å². The number of hydrogen-bond donors (Lipinski definition) is 2. The van der Waals surface area contributed by atoms with Crippen LogP contribution in [0.1, 0.15) is 56.6 Å². The second-order valence-corrected chi connectivity index (χ2v) is 11.1. The molecule has 2 aliphatic heterocycles. The van der Waals surface area contributed by atoms with Gasteiger partial charge in [0.25, 0.3) is 0 Å². The van der Waals surface area contributed by atoms with Crippen LogP contribution in [-0.2, 0) is 11.3 Å². The molecule has 3 aromatic rings. The van der Waals surface area contributed by atoms with Gasteiger partial charge in [0.05, 0.1) is 19.5 Å². The number of imidazole rings is 1. The third kappa shape index (κ3) is 6.27. The first-order chi connectivity index (χ1) is 18.8. The fraction of sp³-hybridized carbons (Fsp3) is 0.621. The van der Waals surface area contributed by atoms with E-state index in [0.717, 1.165) is 88.9 Å². The van der Waals surface area contributed by atoms with Crippen molar-refractivity contribution in [2.75, 3.05) is 63.1 Å². The smallest absolute Gasteiger partial charge is 0.226 e. The Morgan fingerprint density at radius 1 is 0.868 bits per heavy atom. The lowest BCUT2D eigenvalue weighted by molar-refractivity contribution is 0.0398. The van der Waals surface area contributed by atoms with E-state index in [-0.39, 0.29) is 0 Å². The Hall–Kier alpha value is -2.75. The van der Waals surface area contributed by atoms with E-state index in [4.69, 9.17) is 19.7 Å². The molecule has 0 bridgehead atoms. The van der Waals surface area contributed by atoms with Crippen LogP contribution < -0.4 is 10.6 Å². The number of aromatic nitrogens is 4. The van der Waals surface area contributed by atoms with Gasteiger partial charge in [-0.1, -0.05) is 49.6 Å². The monoisotopic (exact) mass is 518 g/mol. The molecule has 204 valence electrons. The van der Waals surface area contributed by atoms with E-state index < -0.39 is 0 Å². The molecule has 9 heteroatoms. The Balaban J connectivity index is 1.15. The lowest BCUT2D eigenvalue weighted by Gasteiger charge is -2.32. The predicted octanol–water partition coefficient (Wildman–Crippen LogP) is 4.15. The molecule has 0 atom stereocenters. The minimum Gasteiger partial charge on any atom is -0.379 e. The van der Waals surface area contributed by atoms with Gasteiger partial charge in [0.1, 0.15) is 0 Å². The summed E-state index contributed by atoms with van der Waals surface area (Å²) >= 11 is 0. The lowest BCUT2D eigenvalue weighted by atomic mass is 9.95. The van der Waals surface area contributed by atoms with Crippen LogP contribution in [0.2, 0.25) is 0 Å². The van der Waals surface area contributed by atoms with Gasteiger partial charge in [0, 0.05) is 57.9 Å². The molecular weight excluding hydrogens is 476 g/mol. The van der Waals surface area contributed by atoms with Gasteiger partial charge in [-0.25, -0.2) is 4.98 Å². The van der Waals surface area contributed by atoms with Gasteiger partial charge in [-0.15, -0.1) is 0 Å². The van der Waals surface area contributed by atoms with Crippen LogP contribution in [-0.4, -0.2) is 87.8 Å². The molecule has 1 aliphatic carbocycles. The maximum absolute atomic E-state index is 5.49. The first kappa shape index (κ1) is 25.5. The third-order valence-electron chi connectivity index (χ3n) is 8.38. The summed E-state index contributed by atoms with van der Waals surface area (Å²) in [6, 6.07) is 11.7. The molecule has 0 spiro atoms. The highest BCUT2D eigenvalue weighted by atomic mass is 16.5. The summed E-state index contributed by atoms with van der Waals surface area (Å²) in [5, 5.41) is 7.31. The Morgan fingerprint density at radius 3 is 2.45 bits per heavy atom. The normalized spacial score (nSPS) is 20.6. The van der Waals surface area contributed by atoms with Crippen molar-refractivity contribution in [1.29, 1.82) is 0 Å². The standard InChI is InChI=1S/C29H42N8O/c1-3-7-23(8-4-1)21-36-14-11-24(12-15-36)32-27-26-28(37(22-31-26)25-9-5-2-6-10-25)34-29(33-27)30-13-16-35-17-19-38-20-18-35/h1,3-4,7-8,22,24-25H,2,5-6,9-21H2,(H2,30,32,33,34). The van der Waals surface area contributed by atoms with Gasteiger partial charge >= 0.3 is 0 Å². The van der Waals surface area contributed by atoms with Crippen LogP contribution in [0.5, 0.6) is 0 Å². The van der Waals surface area contributed by atoms with E-state index in [1.807, 2.05) is 6.33 Å². The zero-order chi connectivity index (χ0) is 25.6. The third-order valence-corrected chi connectivity index (χ3v) is 8.38. The van der Waals surface area contributed by atoms with Crippen molar-refractivity contribution in [2.24, 2.45) is 0 Å². The summed E-state index contributed by atoms with van der Waals surface area (Å²) < 4.78 is 7.81. The minimum absolute atomic E-state index is 0.390. The summed E-state index contributed by atoms with van der Waals surface area (Å²) in [4.78, 5) is 19.8. The van der Waals surface area contributed by atoms with E-state index in [2.05, 4.69) is 55.3 Å². The first-order valence-corrected chi connectivity index (χ1v) is 14.6. The maximum atomic E-state index is 5.49. The molecule has 9 nitrogen and oxygen atoms in total. The quantitative estimate of drug-likeness (QED) is 0.437. The van der Waals surface area contributed by atoms with Crippen molar-refractivity contribution in [3.8, 4) is 0 Å². The van der Waals surface area contributed by atoms with E-state index in [9.17, 15) is 0 Å². The highest BCUT2D eigenvalue weighted by Crippen LogP contribution is 2.32. The van der Waals surface area contributed by atoms with Crippen molar-refractivity contribution >= 4 is 22.9 Å². The van der Waals surface area contributed by atoms with Crippen LogP contribution in [0.15, 0.2) is 36.7 Å². The summed E-state index contributed by atoms with van der Waals surface area (Å²) in [7, 11) is 0. The molecule has 4 heterocycles. The number of rotatable bonds is 9. The average molecular weight is 519 g/mol. The number of anilines is 2. The van der Waals surface area contributed by atoms with Gasteiger partial charge in [-0.3, -0.25) is 9.80 Å². The van der Waals surface area contributed by atoms with Crippen LogP contribution in [0.4, 0.5) is 11.8 Å². The van der Waals surface area contributed by atoms with Gasteiger partial charge in [0.15, 0.2) is 17.0 Å². The second-order valence-electron chi connectivity index (χ2n) is 11.1. The minimum atomic E-state index is 0.390. The van der Waals surface area contributed by atoms with Crippen molar-refractivity contribution in [3.63, 3.8) is 0 Å². The Bertz CT molecular complexity index is 1150. The number of ether oxygens (including phenoxy) is 1. The summed E-state index contributed by atoms with van der Waals surface area (Å²) in [6.45, 7) is 8.61. The number of nitrogens with one attached hydrogen (secondary N) is 2. The molecule has 38 heavy (non-hydrogen) atoms. The van der Waals surface area contributed by atoms with E-state index in [1.54, 1.807) is 0 Å². The highest BCUT2D eigenvalue weighted by molar-refractivity contribution is 5.84. The van der Waals surface area contributed by atoms with Crippen LogP contribution in [0.25, 0.3) is 11.2 Å². The molecule has 0 radical (unpaired) electrons. The van der Waals surface area contributed by atoms with Crippen LogP contribution in [0.3, 0.4) is 0 Å². The summed E-state index contributed by atoms with van der Waals surface area (Å²) in [5.41, 5.74) is 3.25. The molecule has 0 amide bonds. The van der Waals surface area contributed by atoms with Crippen molar-refractivity contribution < 1.29 is 4.74 Å². The first-order valence-electron chi connectivity index (χ1n) is 14.6. The number of benzene rings is 1. The molecule has 2 saturated heterocycles. The molecule has 3 fully saturated rings. The van der Waals surface area contributed by atoms with Gasteiger partial charge in [-0.2, -0.15) is 9.97 Å². The molecule has 1 saturated carbocycles. The lowest BCUT2D eigenvalue weighted by Crippen LogP contribution is -2.39. The average Bonchev–Trinajstić information content (AvgIpc) is 3.40. The largest absolute Gasteiger partial charge is 0.379 e. The SMILES string of the molecule is c1ccc(CN2CCC(Nc3nc(NCCN4CCOCC4)nc4c3ncn4C3CCCCC3)CC2)cc1. The number of fused-ring (bicyclic) bond motifs is 1. The zero-order valence-corrected chi connectivity index (χ0v) is 22.5. The van der Waals surface area contributed by atoms with Crippen LogP contribution in [0, 0.1) is 0 Å². The molecule has 3 aliphatic rings. The Labute approximate surface area is 226 Å². The zero-order valence-electron chi connectivity index (χ0n) is 22.5. The van der Waals surface area contributed by atoms with Crippen molar-refractivity contribution in [3.05, 3.63) is 42.2 Å².